The predicted molar refractivity (Wildman–Crippen MR) is 92.3 cm³/mol. The summed E-state index contributed by atoms with van der Waals surface area (Å²) in [5, 5.41) is 20.7. The molecule has 0 spiro atoms. The SMILES string of the molecule is CS(=O)(=O)Nc1cccc(CNC(=O)c2cc(B(O)O)ccc2F)c1. The van der Waals surface area contributed by atoms with Gasteiger partial charge in [-0.05, 0) is 35.3 Å². The van der Waals surface area contributed by atoms with E-state index in [4.69, 9.17) is 10.0 Å². The quantitative estimate of drug-likeness (QED) is 0.529. The maximum Gasteiger partial charge on any atom is 0.488 e. The van der Waals surface area contributed by atoms with Gasteiger partial charge in [-0.2, -0.15) is 0 Å². The Balaban J connectivity index is 2.10. The number of halogens is 1. The minimum atomic E-state index is -3.42. The average Bonchev–Trinajstić information content (AvgIpc) is 2.51. The zero-order valence-electron chi connectivity index (χ0n) is 13.2. The number of benzene rings is 2. The molecule has 10 heteroatoms. The number of amides is 1. The lowest BCUT2D eigenvalue weighted by Gasteiger charge is -2.10. The summed E-state index contributed by atoms with van der Waals surface area (Å²) >= 11 is 0. The molecule has 7 nitrogen and oxygen atoms in total. The fourth-order valence-electron chi connectivity index (χ4n) is 2.11. The second kappa shape index (κ2) is 7.64. The second-order valence-corrected chi connectivity index (χ2v) is 7.12. The van der Waals surface area contributed by atoms with E-state index < -0.39 is 28.9 Å². The van der Waals surface area contributed by atoms with Crippen LogP contribution in [-0.4, -0.2) is 37.7 Å². The Labute approximate surface area is 144 Å². The van der Waals surface area contributed by atoms with Crippen LogP contribution in [0.25, 0.3) is 0 Å². The van der Waals surface area contributed by atoms with Crippen LogP contribution in [0.2, 0.25) is 0 Å². The van der Waals surface area contributed by atoms with Crippen molar-refractivity contribution < 1.29 is 27.7 Å². The Kier molecular flexibility index (Phi) is 5.78. The van der Waals surface area contributed by atoms with Crippen LogP contribution in [0.3, 0.4) is 0 Å². The lowest BCUT2D eigenvalue weighted by Crippen LogP contribution is -2.32. The van der Waals surface area contributed by atoms with Crippen molar-refractivity contribution in [2.24, 2.45) is 0 Å². The lowest BCUT2D eigenvalue weighted by atomic mass is 9.79. The first kappa shape index (κ1) is 18.9. The van der Waals surface area contributed by atoms with Gasteiger partial charge >= 0.3 is 7.12 Å². The molecule has 0 unspecified atom stereocenters. The Morgan fingerprint density at radius 1 is 1.20 bits per heavy atom. The minimum Gasteiger partial charge on any atom is -0.423 e. The van der Waals surface area contributed by atoms with Crippen LogP contribution in [0.5, 0.6) is 0 Å². The molecule has 2 rings (SSSR count). The molecule has 0 aliphatic rings. The molecule has 0 aliphatic carbocycles. The Bertz CT molecular complexity index is 889. The van der Waals surface area contributed by atoms with E-state index in [0.717, 1.165) is 24.5 Å². The summed E-state index contributed by atoms with van der Waals surface area (Å²) in [5.41, 5.74) is 0.605. The molecule has 4 N–H and O–H groups in total. The molecule has 0 fully saturated rings. The van der Waals surface area contributed by atoms with Crippen molar-refractivity contribution in [1.29, 1.82) is 0 Å². The third-order valence-electron chi connectivity index (χ3n) is 3.22. The fourth-order valence-corrected chi connectivity index (χ4v) is 2.67. The van der Waals surface area contributed by atoms with E-state index in [2.05, 4.69) is 10.0 Å². The summed E-state index contributed by atoms with van der Waals surface area (Å²) < 4.78 is 38.5. The molecule has 2 aromatic rings. The highest BCUT2D eigenvalue weighted by Crippen LogP contribution is 2.12. The van der Waals surface area contributed by atoms with Gasteiger partial charge in [-0.3, -0.25) is 9.52 Å². The van der Waals surface area contributed by atoms with Gasteiger partial charge in [0.1, 0.15) is 5.82 Å². The number of carbonyl (C=O) groups is 1. The molecule has 1 amide bonds. The fraction of sp³-hybridized carbons (Fsp3) is 0.133. The first-order chi connectivity index (χ1) is 11.7. The number of hydrogen-bond donors (Lipinski definition) is 4. The molecule has 0 aliphatic heterocycles. The van der Waals surface area contributed by atoms with Crippen molar-refractivity contribution in [3.63, 3.8) is 0 Å². The predicted octanol–water partition coefficient (Wildman–Crippen LogP) is -0.193. The maximum atomic E-state index is 13.8. The van der Waals surface area contributed by atoms with Crippen molar-refractivity contribution in [2.45, 2.75) is 6.54 Å². The van der Waals surface area contributed by atoms with Crippen LogP contribution in [0.15, 0.2) is 42.5 Å². The Morgan fingerprint density at radius 2 is 1.92 bits per heavy atom. The van der Waals surface area contributed by atoms with E-state index in [1.54, 1.807) is 18.2 Å². The number of carbonyl (C=O) groups excluding carboxylic acids is 1. The first-order valence-electron chi connectivity index (χ1n) is 7.16. The smallest absolute Gasteiger partial charge is 0.423 e. The van der Waals surface area contributed by atoms with E-state index in [0.29, 0.717) is 11.3 Å². The summed E-state index contributed by atoms with van der Waals surface area (Å²) in [5.74, 6) is -1.53. The highest BCUT2D eigenvalue weighted by atomic mass is 32.2. The molecule has 0 aromatic heterocycles. The molecule has 25 heavy (non-hydrogen) atoms. The number of nitrogens with one attached hydrogen (secondary N) is 2. The summed E-state index contributed by atoms with van der Waals surface area (Å²) in [6, 6.07) is 9.55. The van der Waals surface area contributed by atoms with Gasteiger partial charge in [0.05, 0.1) is 11.8 Å². The molecule has 0 saturated carbocycles. The summed E-state index contributed by atoms with van der Waals surface area (Å²) in [6.07, 6.45) is 1.02. The largest absolute Gasteiger partial charge is 0.488 e. The number of rotatable bonds is 6. The molecule has 132 valence electrons. The topological polar surface area (TPSA) is 116 Å². The van der Waals surface area contributed by atoms with E-state index in [1.807, 2.05) is 0 Å². The molecule has 0 heterocycles. The van der Waals surface area contributed by atoms with Gasteiger partial charge in [-0.1, -0.05) is 18.2 Å². The molecule has 0 radical (unpaired) electrons. The van der Waals surface area contributed by atoms with Crippen LogP contribution in [-0.2, 0) is 16.6 Å². The molecule has 0 saturated heterocycles. The molecule has 0 bridgehead atoms. The Hall–Kier alpha value is -2.43. The van der Waals surface area contributed by atoms with Crippen LogP contribution < -0.4 is 15.5 Å². The maximum absolute atomic E-state index is 13.8. The monoisotopic (exact) mass is 366 g/mol. The third-order valence-corrected chi connectivity index (χ3v) is 3.82. The number of hydrogen-bond acceptors (Lipinski definition) is 5. The second-order valence-electron chi connectivity index (χ2n) is 5.37. The van der Waals surface area contributed by atoms with E-state index in [1.165, 1.54) is 6.07 Å². The van der Waals surface area contributed by atoms with E-state index >= 15 is 0 Å². The summed E-state index contributed by atoms with van der Waals surface area (Å²) in [4.78, 5) is 12.1. The van der Waals surface area contributed by atoms with Crippen molar-refractivity contribution >= 4 is 34.2 Å². The molecule has 0 atom stereocenters. The van der Waals surface area contributed by atoms with Gasteiger partial charge in [0.2, 0.25) is 10.0 Å². The van der Waals surface area contributed by atoms with Gasteiger partial charge in [-0.15, -0.1) is 0 Å². The third kappa shape index (κ3) is 5.56. The Morgan fingerprint density at radius 3 is 2.56 bits per heavy atom. The van der Waals surface area contributed by atoms with Gasteiger partial charge in [0, 0.05) is 12.2 Å². The number of anilines is 1. The molecule has 2 aromatic carbocycles. The van der Waals surface area contributed by atoms with Gasteiger partial charge in [0.15, 0.2) is 0 Å². The zero-order chi connectivity index (χ0) is 18.6. The average molecular weight is 366 g/mol. The minimum absolute atomic E-state index is 0.00843. The van der Waals surface area contributed by atoms with E-state index in [9.17, 15) is 17.6 Å². The van der Waals surface area contributed by atoms with E-state index in [-0.39, 0.29) is 17.6 Å². The van der Waals surface area contributed by atoms with Crippen LogP contribution in [0.1, 0.15) is 15.9 Å². The van der Waals surface area contributed by atoms with Gasteiger partial charge in [-0.25, -0.2) is 12.8 Å². The number of sulfonamides is 1. The zero-order valence-corrected chi connectivity index (χ0v) is 14.0. The highest BCUT2D eigenvalue weighted by Gasteiger charge is 2.17. The van der Waals surface area contributed by atoms with Crippen molar-refractivity contribution in [3.8, 4) is 0 Å². The summed E-state index contributed by atoms with van der Waals surface area (Å²) in [6.45, 7) is 0.0312. The normalized spacial score (nSPS) is 11.0. The van der Waals surface area contributed by atoms with Gasteiger partial charge in [0.25, 0.3) is 5.91 Å². The van der Waals surface area contributed by atoms with Crippen LogP contribution >= 0.6 is 0 Å². The first-order valence-corrected chi connectivity index (χ1v) is 9.05. The standard InChI is InChI=1S/C15H16BFN2O5S/c1-25(23,24)19-12-4-2-3-10(7-12)9-18-15(20)13-8-11(16(21)22)5-6-14(13)17/h2-8,19,21-22H,9H2,1H3,(H,18,20). The highest BCUT2D eigenvalue weighted by molar-refractivity contribution is 7.92. The van der Waals surface area contributed by atoms with Crippen molar-refractivity contribution in [2.75, 3.05) is 11.0 Å². The summed E-state index contributed by atoms with van der Waals surface area (Å²) in [7, 11) is -5.24. The molecular formula is C15H16BFN2O5S. The van der Waals surface area contributed by atoms with Crippen molar-refractivity contribution in [3.05, 3.63) is 59.4 Å². The van der Waals surface area contributed by atoms with Gasteiger partial charge < -0.3 is 15.4 Å². The van der Waals surface area contributed by atoms with Crippen molar-refractivity contribution in [1.82, 2.24) is 5.32 Å². The molecular weight excluding hydrogens is 350 g/mol. The van der Waals surface area contributed by atoms with Crippen LogP contribution in [0, 0.1) is 5.82 Å². The lowest BCUT2D eigenvalue weighted by molar-refractivity contribution is 0.0947. The van der Waals surface area contributed by atoms with Crippen LogP contribution in [0.4, 0.5) is 10.1 Å².